The number of nitrogens with two attached hydrogens (primary N) is 1. The fourth-order valence-corrected chi connectivity index (χ4v) is 6.69. The van der Waals surface area contributed by atoms with Gasteiger partial charge in [-0.1, -0.05) is 5.92 Å². The molecule has 3 heterocycles. The predicted molar refractivity (Wildman–Crippen MR) is 103 cm³/mol. The molecule has 0 radical (unpaired) electrons. The van der Waals surface area contributed by atoms with Crippen molar-refractivity contribution in [3.63, 3.8) is 0 Å². The Morgan fingerprint density at radius 3 is 2.50 bits per heavy atom. The van der Waals surface area contributed by atoms with Gasteiger partial charge in [-0.3, -0.25) is 18.9 Å². The van der Waals surface area contributed by atoms with Crippen LogP contribution in [0.25, 0.3) is 11.2 Å². The zero-order valence-electron chi connectivity index (χ0n) is 16.0. The molecule has 8 N–H and O–H groups in total. The maximum atomic E-state index is 15.9. The maximum absolute atomic E-state index is 15.9. The molecule has 4 rings (SSSR count). The van der Waals surface area contributed by atoms with Crippen LogP contribution in [0.15, 0.2) is 11.1 Å². The predicted octanol–water partition coefficient (Wildman–Crippen LogP) is -1.60. The number of aromatic amines is 1. The number of anilines is 1. The zero-order chi connectivity index (χ0) is 25.5. The van der Waals surface area contributed by atoms with E-state index in [9.17, 15) is 33.4 Å². The Morgan fingerprint density at radius 1 is 1.26 bits per heavy atom. The van der Waals surface area contributed by atoms with Crippen LogP contribution in [-0.4, -0.2) is 67.7 Å². The van der Waals surface area contributed by atoms with E-state index < -0.39 is 58.7 Å². The molecular weight excluding hydrogens is 534 g/mol. The van der Waals surface area contributed by atoms with E-state index in [1.165, 1.54) is 0 Å². The summed E-state index contributed by atoms with van der Waals surface area (Å²) in [6.07, 6.45) is 0.434. The highest BCUT2D eigenvalue weighted by Crippen LogP contribution is 2.71. The van der Waals surface area contributed by atoms with Crippen LogP contribution < -0.4 is 11.3 Å². The van der Waals surface area contributed by atoms with Gasteiger partial charge in [0, 0.05) is 0 Å². The first-order valence-electron chi connectivity index (χ1n) is 8.53. The summed E-state index contributed by atoms with van der Waals surface area (Å²) in [6, 6.07) is 0. The van der Waals surface area contributed by atoms with E-state index >= 15 is 4.39 Å². The number of phosphoric acid groups is 3. The minimum atomic E-state index is -5.87. The van der Waals surface area contributed by atoms with Crippen LogP contribution in [0.1, 0.15) is 6.23 Å². The van der Waals surface area contributed by atoms with E-state index in [1.807, 2.05) is 0 Å². The molecule has 2 aliphatic rings. The van der Waals surface area contributed by atoms with Crippen LogP contribution in [-0.2, 0) is 31.6 Å². The number of nitrogen functional groups attached to an aromatic ring is 1. The van der Waals surface area contributed by atoms with E-state index in [2.05, 4.69) is 28.1 Å². The third-order valence-corrected chi connectivity index (χ3v) is 8.63. The average molecular weight is 547 g/mol. The quantitative estimate of drug-likeness (QED) is 0.152. The molecule has 0 bridgehead atoms. The molecule has 2 aromatic heterocycles. The standard InChI is InChI=1S/C12H13FN5O13P3/c1-2-11(13)9(18-3-15-4-7(18)16-10(14)17-8(4)19)28-5-6(12(5,11)20)29-33(24,25)31-34(26,27)30-32(21,22)23/h1,3,5-6,9,20H,(H,24,25)(H,26,27)(H2,21,22,23)(H3,14,16,17,19)/t5-,6?,9-,11+,12+/m1/s1. The second-order valence-corrected chi connectivity index (χ2v) is 11.4. The van der Waals surface area contributed by atoms with Crippen LogP contribution in [0, 0.1) is 12.3 Å². The van der Waals surface area contributed by atoms with Gasteiger partial charge in [0.25, 0.3) is 5.56 Å². The second kappa shape index (κ2) is 7.48. The second-order valence-electron chi connectivity index (χ2n) is 6.98. The van der Waals surface area contributed by atoms with Crippen molar-refractivity contribution in [2.75, 3.05) is 5.73 Å². The first-order chi connectivity index (χ1) is 15.4. The number of fused-ring (bicyclic) bond motifs is 2. The molecule has 34 heavy (non-hydrogen) atoms. The minimum Gasteiger partial charge on any atom is -0.380 e. The van der Waals surface area contributed by atoms with Crippen molar-refractivity contribution < 1.29 is 60.6 Å². The van der Waals surface area contributed by atoms with Crippen molar-refractivity contribution in [2.24, 2.45) is 0 Å². The van der Waals surface area contributed by atoms with Gasteiger partial charge < -0.3 is 35.2 Å². The van der Waals surface area contributed by atoms with Gasteiger partial charge in [-0.2, -0.15) is 13.6 Å². The molecule has 2 aromatic rings. The lowest BCUT2D eigenvalue weighted by Crippen LogP contribution is -2.46. The van der Waals surface area contributed by atoms with E-state index in [-0.39, 0.29) is 17.1 Å². The third-order valence-electron chi connectivity index (χ3n) is 4.81. The van der Waals surface area contributed by atoms with E-state index in [1.54, 1.807) is 5.92 Å². The number of nitrogens with one attached hydrogen (secondary N) is 1. The molecule has 0 amide bonds. The van der Waals surface area contributed by atoms with Crippen molar-refractivity contribution in [3.8, 4) is 12.3 Å². The van der Waals surface area contributed by atoms with Crippen molar-refractivity contribution in [1.29, 1.82) is 0 Å². The number of ether oxygens (including phenoxy) is 1. The number of aromatic nitrogens is 4. The molecule has 7 atom stereocenters. The molecule has 186 valence electrons. The Hall–Kier alpha value is -2.03. The molecule has 18 nitrogen and oxygen atoms in total. The van der Waals surface area contributed by atoms with Gasteiger partial charge in [-0.15, -0.1) is 6.42 Å². The highest BCUT2D eigenvalue weighted by molar-refractivity contribution is 7.66. The number of halogens is 1. The first-order valence-corrected chi connectivity index (χ1v) is 13.1. The van der Waals surface area contributed by atoms with E-state index in [0.29, 0.717) is 0 Å². The van der Waals surface area contributed by atoms with Crippen molar-refractivity contribution in [2.45, 2.75) is 29.7 Å². The smallest absolute Gasteiger partial charge is 0.380 e. The number of terminal acetylenes is 1. The van der Waals surface area contributed by atoms with Gasteiger partial charge in [0.05, 0.1) is 6.33 Å². The summed E-state index contributed by atoms with van der Waals surface area (Å²) in [4.78, 5) is 57.6. The Bertz CT molecular complexity index is 1430. The molecule has 3 unspecified atom stereocenters. The summed E-state index contributed by atoms with van der Waals surface area (Å²) in [5.41, 5.74) is -1.93. The summed E-state index contributed by atoms with van der Waals surface area (Å²) in [6.45, 7) is 0. The molecule has 1 aliphatic heterocycles. The normalized spacial score (nSPS) is 34.2. The highest BCUT2D eigenvalue weighted by Gasteiger charge is 2.87. The number of hydrogen-bond donors (Lipinski definition) is 7. The third kappa shape index (κ3) is 3.93. The van der Waals surface area contributed by atoms with Crippen molar-refractivity contribution in [1.82, 2.24) is 19.5 Å². The summed E-state index contributed by atoms with van der Waals surface area (Å²) in [7, 11) is -17.3. The lowest BCUT2D eigenvalue weighted by molar-refractivity contribution is -0.0923. The Labute approximate surface area is 185 Å². The van der Waals surface area contributed by atoms with Gasteiger partial charge in [-0.25, -0.2) is 23.1 Å². The first kappa shape index (κ1) is 25.1. The number of rotatable bonds is 7. The largest absolute Gasteiger partial charge is 0.490 e. The maximum Gasteiger partial charge on any atom is 0.490 e. The monoisotopic (exact) mass is 547 g/mol. The lowest BCUT2D eigenvalue weighted by atomic mass is 9.96. The summed E-state index contributed by atoms with van der Waals surface area (Å²) in [5.74, 6) is 1.28. The van der Waals surface area contributed by atoms with Gasteiger partial charge in [0.15, 0.2) is 23.0 Å². The Morgan fingerprint density at radius 2 is 1.91 bits per heavy atom. The van der Waals surface area contributed by atoms with Crippen LogP contribution >= 0.6 is 23.5 Å². The number of phosphoric ester groups is 1. The number of aliphatic hydroxyl groups is 1. The molecule has 0 spiro atoms. The van der Waals surface area contributed by atoms with Crippen molar-refractivity contribution in [3.05, 3.63) is 16.7 Å². The summed E-state index contributed by atoms with van der Waals surface area (Å²) < 4.78 is 67.7. The molecule has 2 fully saturated rings. The van der Waals surface area contributed by atoms with Gasteiger partial charge in [-0.05, 0) is 0 Å². The average Bonchev–Trinajstić information content (AvgIpc) is 2.95. The molecular formula is C12H13FN5O13P3. The van der Waals surface area contributed by atoms with Gasteiger partial charge in [0.1, 0.15) is 12.2 Å². The van der Waals surface area contributed by atoms with Crippen molar-refractivity contribution >= 4 is 40.6 Å². The van der Waals surface area contributed by atoms with Crippen LogP contribution in [0.2, 0.25) is 0 Å². The zero-order valence-corrected chi connectivity index (χ0v) is 18.7. The number of alkyl halides is 1. The van der Waals surface area contributed by atoms with Crippen LogP contribution in [0.3, 0.4) is 0 Å². The van der Waals surface area contributed by atoms with Gasteiger partial charge in [0.2, 0.25) is 11.6 Å². The molecule has 1 saturated heterocycles. The Balaban J connectivity index is 1.60. The fraction of sp³-hybridized carbons (Fsp3) is 0.417. The van der Waals surface area contributed by atoms with Crippen LogP contribution in [0.4, 0.5) is 10.3 Å². The molecule has 1 aliphatic carbocycles. The number of hydrogen-bond acceptors (Lipinski definition) is 12. The van der Waals surface area contributed by atoms with E-state index in [4.69, 9.17) is 26.7 Å². The van der Waals surface area contributed by atoms with Crippen LogP contribution in [0.5, 0.6) is 0 Å². The molecule has 22 heteroatoms. The number of H-pyrrole nitrogens is 1. The van der Waals surface area contributed by atoms with E-state index in [0.717, 1.165) is 10.9 Å². The number of nitrogens with zero attached hydrogens (tertiary/aromatic N) is 3. The summed E-state index contributed by atoms with van der Waals surface area (Å²) >= 11 is 0. The fourth-order valence-electron chi connectivity index (χ4n) is 3.47. The SMILES string of the molecule is C#C[C@]1(F)[C@H](n2cnc3c(=O)[nH]c(N)nc32)O[C@@H]2C(OP(=O)(O)OP(=O)(O)OP(=O)(O)O)[C@@]21O. The molecule has 0 aromatic carbocycles. The Kier molecular flexibility index (Phi) is 5.52. The molecule has 1 saturated carbocycles. The lowest BCUT2D eigenvalue weighted by Gasteiger charge is -2.30. The highest BCUT2D eigenvalue weighted by atomic mass is 31.3. The minimum absolute atomic E-state index is 0.280. The van der Waals surface area contributed by atoms with Gasteiger partial charge >= 0.3 is 23.5 Å². The topological polar surface area (TPSA) is 279 Å². The summed E-state index contributed by atoms with van der Waals surface area (Å²) in [5, 5.41) is 10.8. The number of imidazole rings is 1.